The van der Waals surface area contributed by atoms with E-state index in [-0.39, 0.29) is 11.9 Å². The van der Waals surface area contributed by atoms with Crippen molar-refractivity contribution in [3.63, 3.8) is 0 Å². The highest BCUT2D eigenvalue weighted by Gasteiger charge is 2.13. The van der Waals surface area contributed by atoms with E-state index in [0.29, 0.717) is 23.5 Å². The molecule has 26 heavy (non-hydrogen) atoms. The zero-order chi connectivity index (χ0) is 18.9. The van der Waals surface area contributed by atoms with Crippen LogP contribution in [0.4, 0.5) is 0 Å². The minimum Gasteiger partial charge on any atom is -0.494 e. The summed E-state index contributed by atoms with van der Waals surface area (Å²) in [5.41, 5.74) is 0.717. The second-order valence-electron chi connectivity index (χ2n) is 6.10. The van der Waals surface area contributed by atoms with Gasteiger partial charge in [0.1, 0.15) is 11.5 Å². The van der Waals surface area contributed by atoms with E-state index in [1.807, 2.05) is 0 Å². The van der Waals surface area contributed by atoms with Crippen LogP contribution in [-0.2, 0) is 4.74 Å². The lowest BCUT2D eigenvalue weighted by atomic mass is 10.2. The normalized spacial score (nSPS) is 10.5. The molecule has 0 N–H and O–H groups in total. The second-order valence-corrected chi connectivity index (χ2v) is 6.10. The minimum atomic E-state index is -0.514. The Balaban J connectivity index is 2.05. The maximum absolute atomic E-state index is 12.4. The van der Waals surface area contributed by atoms with Gasteiger partial charge in [-0.3, -0.25) is 0 Å². The Morgan fingerprint density at radius 2 is 1.54 bits per heavy atom. The zero-order valence-corrected chi connectivity index (χ0v) is 15.4. The topological polar surface area (TPSA) is 61.8 Å². The average molecular weight is 356 g/mol. The van der Waals surface area contributed by atoms with Gasteiger partial charge in [-0.15, -0.1) is 0 Å². The highest BCUT2D eigenvalue weighted by atomic mass is 16.5. The van der Waals surface area contributed by atoms with Crippen LogP contribution in [0, 0.1) is 0 Å². The first-order valence-corrected chi connectivity index (χ1v) is 8.75. The highest BCUT2D eigenvalue weighted by molar-refractivity contribution is 5.93. The molecule has 0 aliphatic heterocycles. The van der Waals surface area contributed by atoms with Crippen LogP contribution < -0.4 is 9.47 Å². The van der Waals surface area contributed by atoms with Gasteiger partial charge in [0.2, 0.25) is 0 Å². The van der Waals surface area contributed by atoms with E-state index in [0.717, 1.165) is 12.8 Å². The predicted molar refractivity (Wildman–Crippen MR) is 98.8 cm³/mol. The van der Waals surface area contributed by atoms with Crippen molar-refractivity contribution in [1.29, 1.82) is 0 Å². The molecule has 2 rings (SSSR count). The van der Waals surface area contributed by atoms with Crippen LogP contribution in [0.2, 0.25) is 0 Å². The molecule has 0 spiro atoms. The van der Waals surface area contributed by atoms with E-state index < -0.39 is 11.9 Å². The third-order valence-corrected chi connectivity index (χ3v) is 3.46. The maximum atomic E-state index is 12.4. The van der Waals surface area contributed by atoms with Gasteiger partial charge in [0.25, 0.3) is 0 Å². The number of ether oxygens (including phenoxy) is 3. The largest absolute Gasteiger partial charge is 0.494 e. The first-order chi connectivity index (χ1) is 12.5. The maximum Gasteiger partial charge on any atom is 0.343 e. The van der Waals surface area contributed by atoms with Crippen molar-refractivity contribution < 1.29 is 23.8 Å². The number of benzene rings is 2. The van der Waals surface area contributed by atoms with E-state index in [4.69, 9.17) is 14.2 Å². The SMILES string of the molecule is CCCCOc1cccc(C(=O)Oc2cccc(C(=O)OC(C)C)c2)c1. The molecule has 0 atom stereocenters. The lowest BCUT2D eigenvalue weighted by Crippen LogP contribution is -2.12. The van der Waals surface area contributed by atoms with Crippen molar-refractivity contribution in [2.24, 2.45) is 0 Å². The molecule has 0 aliphatic rings. The average Bonchev–Trinajstić information content (AvgIpc) is 2.62. The van der Waals surface area contributed by atoms with Gasteiger partial charge in [-0.2, -0.15) is 0 Å². The molecule has 0 unspecified atom stereocenters. The van der Waals surface area contributed by atoms with Crippen LogP contribution in [0.3, 0.4) is 0 Å². The molecule has 0 amide bonds. The van der Waals surface area contributed by atoms with E-state index in [9.17, 15) is 9.59 Å². The molecule has 0 aromatic heterocycles. The molecule has 2 aromatic carbocycles. The number of carbonyl (C=O) groups is 2. The van der Waals surface area contributed by atoms with Crippen molar-refractivity contribution in [3.8, 4) is 11.5 Å². The third kappa shape index (κ3) is 5.92. The fourth-order valence-corrected chi connectivity index (χ4v) is 2.18. The number of rotatable bonds is 8. The van der Waals surface area contributed by atoms with Gasteiger partial charge in [0.05, 0.1) is 23.8 Å². The van der Waals surface area contributed by atoms with Gasteiger partial charge in [-0.05, 0) is 56.7 Å². The van der Waals surface area contributed by atoms with E-state index >= 15 is 0 Å². The Morgan fingerprint density at radius 1 is 0.923 bits per heavy atom. The van der Waals surface area contributed by atoms with E-state index in [2.05, 4.69) is 6.92 Å². The molecule has 138 valence electrons. The fraction of sp³-hybridized carbons (Fsp3) is 0.333. The Labute approximate surface area is 153 Å². The Bertz CT molecular complexity index is 752. The Hall–Kier alpha value is -2.82. The fourth-order valence-electron chi connectivity index (χ4n) is 2.18. The number of carbonyl (C=O) groups excluding carboxylic acids is 2. The highest BCUT2D eigenvalue weighted by Crippen LogP contribution is 2.19. The van der Waals surface area contributed by atoms with Crippen molar-refractivity contribution in [2.45, 2.75) is 39.7 Å². The minimum absolute atomic E-state index is 0.218. The van der Waals surface area contributed by atoms with Crippen LogP contribution in [-0.4, -0.2) is 24.6 Å². The molecule has 2 aromatic rings. The molecule has 0 saturated heterocycles. The van der Waals surface area contributed by atoms with Crippen LogP contribution >= 0.6 is 0 Å². The molecular formula is C21H24O5. The summed E-state index contributed by atoms with van der Waals surface area (Å²) in [6.45, 7) is 6.24. The summed E-state index contributed by atoms with van der Waals surface area (Å²) in [6.07, 6.45) is 1.77. The number of unbranched alkanes of at least 4 members (excludes halogenated alkanes) is 1. The van der Waals surface area contributed by atoms with Crippen molar-refractivity contribution in [1.82, 2.24) is 0 Å². The number of hydrogen-bond donors (Lipinski definition) is 0. The lowest BCUT2D eigenvalue weighted by Gasteiger charge is -2.10. The van der Waals surface area contributed by atoms with Gasteiger partial charge in [0, 0.05) is 0 Å². The van der Waals surface area contributed by atoms with Crippen LogP contribution in [0.5, 0.6) is 11.5 Å². The summed E-state index contributed by atoms with van der Waals surface area (Å²) in [5.74, 6) is -0.0581. The summed E-state index contributed by atoms with van der Waals surface area (Å²) in [4.78, 5) is 24.3. The molecule has 0 aliphatic carbocycles. The van der Waals surface area contributed by atoms with Crippen molar-refractivity contribution >= 4 is 11.9 Å². The summed E-state index contributed by atoms with van der Waals surface area (Å²) in [6, 6.07) is 13.2. The molecule has 5 heteroatoms. The van der Waals surface area contributed by atoms with Crippen molar-refractivity contribution in [3.05, 3.63) is 59.7 Å². The smallest absolute Gasteiger partial charge is 0.343 e. The van der Waals surface area contributed by atoms with Gasteiger partial charge < -0.3 is 14.2 Å². The monoisotopic (exact) mass is 356 g/mol. The molecular weight excluding hydrogens is 332 g/mol. The van der Waals surface area contributed by atoms with E-state index in [1.54, 1.807) is 56.3 Å². The van der Waals surface area contributed by atoms with E-state index in [1.165, 1.54) is 6.07 Å². The first-order valence-electron chi connectivity index (χ1n) is 8.75. The first kappa shape index (κ1) is 19.5. The van der Waals surface area contributed by atoms with Crippen molar-refractivity contribution in [2.75, 3.05) is 6.61 Å². The molecule has 0 radical (unpaired) electrons. The second kappa shape index (κ2) is 9.61. The van der Waals surface area contributed by atoms with Crippen LogP contribution in [0.15, 0.2) is 48.5 Å². The molecule has 0 fully saturated rings. The summed E-state index contributed by atoms with van der Waals surface area (Å²) < 4.78 is 16.1. The van der Waals surface area contributed by atoms with Crippen LogP contribution in [0.1, 0.15) is 54.3 Å². The third-order valence-electron chi connectivity index (χ3n) is 3.46. The molecule has 0 heterocycles. The lowest BCUT2D eigenvalue weighted by molar-refractivity contribution is 0.0376. The van der Waals surface area contributed by atoms with Gasteiger partial charge in [-0.25, -0.2) is 9.59 Å². The summed E-state index contributed by atoms with van der Waals surface area (Å²) in [7, 11) is 0. The Morgan fingerprint density at radius 3 is 2.19 bits per heavy atom. The van der Waals surface area contributed by atoms with Crippen LogP contribution in [0.25, 0.3) is 0 Å². The number of hydrogen-bond acceptors (Lipinski definition) is 5. The standard InChI is InChI=1S/C21H24O5/c1-4-5-12-24-18-10-6-8-16(13-18)21(23)26-19-11-7-9-17(14-19)20(22)25-15(2)3/h6-11,13-15H,4-5,12H2,1-3H3. The molecule has 0 bridgehead atoms. The quantitative estimate of drug-likeness (QED) is 0.391. The summed E-state index contributed by atoms with van der Waals surface area (Å²) in [5, 5.41) is 0. The van der Waals surface area contributed by atoms with Gasteiger partial charge >= 0.3 is 11.9 Å². The Kier molecular flexibility index (Phi) is 7.21. The zero-order valence-electron chi connectivity index (χ0n) is 15.4. The predicted octanol–water partition coefficient (Wildman–Crippen LogP) is 4.65. The molecule has 0 saturated carbocycles. The van der Waals surface area contributed by atoms with Gasteiger partial charge in [0.15, 0.2) is 0 Å². The molecule has 5 nitrogen and oxygen atoms in total. The number of esters is 2. The van der Waals surface area contributed by atoms with Gasteiger partial charge in [-0.1, -0.05) is 25.5 Å². The summed E-state index contributed by atoms with van der Waals surface area (Å²) >= 11 is 0.